The van der Waals surface area contributed by atoms with Crippen molar-refractivity contribution in [1.82, 2.24) is 5.32 Å². The van der Waals surface area contributed by atoms with Crippen LogP contribution in [0.1, 0.15) is 18.9 Å². The minimum atomic E-state index is -1.18. The third kappa shape index (κ3) is 3.80. The van der Waals surface area contributed by atoms with Crippen LogP contribution in [-0.2, 0) is 16.1 Å². The number of amides is 1. The molecule has 1 amide bonds. The molecule has 0 aliphatic carbocycles. The van der Waals surface area contributed by atoms with Crippen molar-refractivity contribution in [3.8, 4) is 0 Å². The maximum atomic E-state index is 13.4. The largest absolute Gasteiger partial charge is 0.481 e. The summed E-state index contributed by atoms with van der Waals surface area (Å²) in [5.41, 5.74) is 0.304. The number of nitrogens with one attached hydrogen (secondary N) is 1. The third-order valence-electron chi connectivity index (χ3n) is 2.48. The second kappa shape index (κ2) is 6.49. The lowest BCUT2D eigenvalue weighted by atomic mass is 10.1. The van der Waals surface area contributed by atoms with Crippen LogP contribution < -0.4 is 5.32 Å². The lowest BCUT2D eigenvalue weighted by Crippen LogP contribution is -2.34. The first-order valence-corrected chi connectivity index (χ1v) is 6.19. The third-order valence-corrected chi connectivity index (χ3v) is 2.98. The predicted molar refractivity (Wildman–Crippen MR) is 67.4 cm³/mol. The van der Waals surface area contributed by atoms with Crippen LogP contribution in [0, 0.1) is 11.7 Å². The SMILES string of the molecule is CCC(C(=O)O)C(=O)NCc1cc(Br)ccc1F. The van der Waals surface area contributed by atoms with Crippen molar-refractivity contribution in [3.05, 3.63) is 34.1 Å². The Morgan fingerprint density at radius 1 is 1.50 bits per heavy atom. The van der Waals surface area contributed by atoms with Crippen molar-refractivity contribution in [2.75, 3.05) is 0 Å². The van der Waals surface area contributed by atoms with Crippen LogP contribution in [0.15, 0.2) is 22.7 Å². The van der Waals surface area contributed by atoms with E-state index in [0.29, 0.717) is 10.0 Å². The lowest BCUT2D eigenvalue weighted by molar-refractivity contribution is -0.147. The molecule has 0 aromatic heterocycles. The highest BCUT2D eigenvalue weighted by Crippen LogP contribution is 2.15. The average molecular weight is 318 g/mol. The Kier molecular flexibility index (Phi) is 5.27. The molecule has 1 rings (SSSR count). The van der Waals surface area contributed by atoms with Crippen LogP contribution >= 0.6 is 15.9 Å². The van der Waals surface area contributed by atoms with E-state index < -0.39 is 23.6 Å². The number of benzene rings is 1. The normalized spacial score (nSPS) is 11.9. The van der Waals surface area contributed by atoms with E-state index in [2.05, 4.69) is 21.2 Å². The molecule has 1 aromatic rings. The molecule has 0 saturated carbocycles. The molecule has 0 spiro atoms. The van der Waals surface area contributed by atoms with E-state index in [0.717, 1.165) is 0 Å². The Morgan fingerprint density at radius 2 is 2.17 bits per heavy atom. The fourth-order valence-corrected chi connectivity index (χ4v) is 1.86. The number of rotatable bonds is 5. The first-order chi connectivity index (χ1) is 8.45. The van der Waals surface area contributed by atoms with E-state index in [1.807, 2.05) is 0 Å². The Bertz CT molecular complexity index is 465. The summed E-state index contributed by atoms with van der Waals surface area (Å²) < 4.78 is 14.1. The van der Waals surface area contributed by atoms with E-state index in [-0.39, 0.29) is 13.0 Å². The smallest absolute Gasteiger partial charge is 0.316 e. The maximum absolute atomic E-state index is 13.4. The van der Waals surface area contributed by atoms with E-state index in [9.17, 15) is 14.0 Å². The van der Waals surface area contributed by atoms with Gasteiger partial charge in [0, 0.05) is 16.6 Å². The van der Waals surface area contributed by atoms with Gasteiger partial charge in [0.1, 0.15) is 11.7 Å². The Labute approximate surface area is 112 Å². The predicted octanol–water partition coefficient (Wildman–Crippen LogP) is 2.32. The number of hydrogen-bond donors (Lipinski definition) is 2. The van der Waals surface area contributed by atoms with Gasteiger partial charge < -0.3 is 10.4 Å². The van der Waals surface area contributed by atoms with Gasteiger partial charge in [-0.25, -0.2) is 4.39 Å². The molecular weight excluding hydrogens is 305 g/mol. The van der Waals surface area contributed by atoms with Gasteiger partial charge in [-0.2, -0.15) is 0 Å². The van der Waals surface area contributed by atoms with Crippen LogP contribution in [-0.4, -0.2) is 17.0 Å². The minimum absolute atomic E-state index is 0.0338. The van der Waals surface area contributed by atoms with E-state index >= 15 is 0 Å². The van der Waals surface area contributed by atoms with Gasteiger partial charge in [-0.1, -0.05) is 22.9 Å². The Hall–Kier alpha value is -1.43. The lowest BCUT2D eigenvalue weighted by Gasteiger charge is -2.11. The molecule has 0 saturated heterocycles. The van der Waals surface area contributed by atoms with Gasteiger partial charge in [-0.3, -0.25) is 9.59 Å². The van der Waals surface area contributed by atoms with Crippen molar-refractivity contribution in [2.45, 2.75) is 19.9 Å². The molecule has 0 fully saturated rings. The highest BCUT2D eigenvalue weighted by molar-refractivity contribution is 9.10. The molecule has 1 aromatic carbocycles. The first-order valence-electron chi connectivity index (χ1n) is 5.40. The summed E-state index contributed by atoms with van der Waals surface area (Å²) in [5.74, 6) is -3.32. The fourth-order valence-electron chi connectivity index (χ4n) is 1.46. The first kappa shape index (κ1) is 14.6. The second-order valence-electron chi connectivity index (χ2n) is 3.75. The van der Waals surface area contributed by atoms with Crippen molar-refractivity contribution in [2.24, 2.45) is 5.92 Å². The average Bonchev–Trinajstić information content (AvgIpc) is 2.30. The zero-order valence-electron chi connectivity index (χ0n) is 9.74. The van der Waals surface area contributed by atoms with Gasteiger partial charge in [0.25, 0.3) is 0 Å². The summed E-state index contributed by atoms with van der Waals surface area (Å²) in [4.78, 5) is 22.3. The number of carbonyl (C=O) groups is 2. The van der Waals surface area contributed by atoms with Crippen molar-refractivity contribution < 1.29 is 19.1 Å². The molecule has 1 unspecified atom stereocenters. The van der Waals surface area contributed by atoms with Crippen LogP contribution in [0.3, 0.4) is 0 Å². The summed E-state index contributed by atoms with van der Waals surface area (Å²) in [6, 6.07) is 4.37. The van der Waals surface area contributed by atoms with Crippen LogP contribution in [0.25, 0.3) is 0 Å². The van der Waals surface area contributed by atoms with E-state index in [4.69, 9.17) is 5.11 Å². The zero-order valence-corrected chi connectivity index (χ0v) is 11.3. The van der Waals surface area contributed by atoms with Gasteiger partial charge in [0.05, 0.1) is 0 Å². The Balaban J connectivity index is 2.67. The number of halogens is 2. The molecule has 4 nitrogen and oxygen atoms in total. The number of carboxylic acid groups (broad SMARTS) is 1. The molecule has 2 N–H and O–H groups in total. The molecule has 18 heavy (non-hydrogen) atoms. The quantitative estimate of drug-likeness (QED) is 0.819. The topological polar surface area (TPSA) is 66.4 Å². The summed E-state index contributed by atoms with van der Waals surface area (Å²) >= 11 is 3.20. The summed E-state index contributed by atoms with van der Waals surface area (Å²) in [5, 5.41) is 11.2. The van der Waals surface area contributed by atoms with Gasteiger partial charge >= 0.3 is 5.97 Å². The Morgan fingerprint density at radius 3 is 2.72 bits per heavy atom. The standard InChI is InChI=1S/C12H13BrFNO3/c1-2-9(12(17)18)11(16)15-6-7-5-8(13)3-4-10(7)14/h3-5,9H,2,6H2,1H3,(H,15,16)(H,17,18). The van der Waals surface area contributed by atoms with Gasteiger partial charge in [0.15, 0.2) is 0 Å². The minimum Gasteiger partial charge on any atom is -0.481 e. The summed E-state index contributed by atoms with van der Waals surface area (Å²) in [7, 11) is 0. The van der Waals surface area contributed by atoms with Gasteiger partial charge in [-0.05, 0) is 24.6 Å². The van der Waals surface area contributed by atoms with E-state index in [1.165, 1.54) is 12.1 Å². The van der Waals surface area contributed by atoms with E-state index in [1.54, 1.807) is 13.0 Å². The van der Waals surface area contributed by atoms with Crippen molar-refractivity contribution in [1.29, 1.82) is 0 Å². The van der Waals surface area contributed by atoms with Gasteiger partial charge in [-0.15, -0.1) is 0 Å². The number of carbonyl (C=O) groups excluding carboxylic acids is 1. The highest BCUT2D eigenvalue weighted by atomic mass is 79.9. The summed E-state index contributed by atoms with van der Waals surface area (Å²) in [6.45, 7) is 1.58. The monoisotopic (exact) mass is 317 g/mol. The van der Waals surface area contributed by atoms with Crippen LogP contribution in [0.5, 0.6) is 0 Å². The van der Waals surface area contributed by atoms with Crippen LogP contribution in [0.2, 0.25) is 0 Å². The number of aliphatic carboxylic acids is 1. The highest BCUT2D eigenvalue weighted by Gasteiger charge is 2.23. The van der Waals surface area contributed by atoms with Gasteiger partial charge in [0.2, 0.25) is 5.91 Å². The molecule has 0 radical (unpaired) electrons. The molecule has 0 aliphatic rings. The number of carboxylic acids is 1. The second-order valence-corrected chi connectivity index (χ2v) is 4.67. The van der Waals surface area contributed by atoms with Crippen molar-refractivity contribution >= 4 is 27.8 Å². The fraction of sp³-hybridized carbons (Fsp3) is 0.333. The summed E-state index contributed by atoms with van der Waals surface area (Å²) in [6.07, 6.45) is 0.197. The molecule has 6 heteroatoms. The zero-order chi connectivity index (χ0) is 13.7. The number of hydrogen-bond acceptors (Lipinski definition) is 2. The molecule has 0 heterocycles. The molecule has 0 aliphatic heterocycles. The molecular formula is C12H13BrFNO3. The molecule has 98 valence electrons. The van der Waals surface area contributed by atoms with Crippen molar-refractivity contribution in [3.63, 3.8) is 0 Å². The maximum Gasteiger partial charge on any atom is 0.316 e. The molecule has 1 atom stereocenters. The molecule has 0 bridgehead atoms. The van der Waals surface area contributed by atoms with Crippen LogP contribution in [0.4, 0.5) is 4.39 Å².